The second-order valence-electron chi connectivity index (χ2n) is 4.85. The van der Waals surface area contributed by atoms with Gasteiger partial charge >= 0.3 is 0 Å². The lowest BCUT2D eigenvalue weighted by molar-refractivity contribution is 0.424. The summed E-state index contributed by atoms with van der Waals surface area (Å²) in [7, 11) is 0. The Morgan fingerprint density at radius 3 is 3.17 bits per heavy atom. The second kappa shape index (κ2) is 4.94. The zero-order valence-corrected chi connectivity index (χ0v) is 10.6. The Labute approximate surface area is 106 Å². The lowest BCUT2D eigenvalue weighted by atomic mass is 9.96. The Kier molecular flexibility index (Phi) is 3.15. The van der Waals surface area contributed by atoms with E-state index in [1.807, 2.05) is 19.4 Å². The number of imidazole rings is 1. The summed E-state index contributed by atoms with van der Waals surface area (Å²) in [6.45, 7) is 4.75. The molecule has 1 N–H and O–H groups in total. The van der Waals surface area contributed by atoms with Crippen LogP contribution < -0.4 is 5.32 Å². The molecular formula is C13H18N4O. The maximum atomic E-state index is 5.52. The van der Waals surface area contributed by atoms with Crippen molar-refractivity contribution < 1.29 is 4.42 Å². The van der Waals surface area contributed by atoms with Gasteiger partial charge in [-0.3, -0.25) is 0 Å². The summed E-state index contributed by atoms with van der Waals surface area (Å²) in [5, 5.41) is 3.44. The minimum Gasteiger partial charge on any atom is -0.444 e. The number of hydrogen-bond donors (Lipinski definition) is 1. The average molecular weight is 246 g/mol. The maximum Gasteiger partial charge on any atom is 0.214 e. The predicted octanol–water partition coefficient (Wildman–Crippen LogP) is 1.69. The molecule has 1 saturated heterocycles. The van der Waals surface area contributed by atoms with E-state index in [9.17, 15) is 0 Å². The number of oxazole rings is 1. The van der Waals surface area contributed by atoms with Crippen molar-refractivity contribution >= 4 is 0 Å². The minimum absolute atomic E-state index is 0.553. The quantitative estimate of drug-likeness (QED) is 0.895. The highest BCUT2D eigenvalue weighted by Crippen LogP contribution is 2.23. The summed E-state index contributed by atoms with van der Waals surface area (Å²) in [4.78, 5) is 8.51. The standard InChI is InChI=1S/C13H18N4O/c1-10-5-16-13(18-10)8-17-9-15-7-12(17)11-3-2-4-14-6-11/h5,7,9,11,14H,2-4,6,8H2,1H3. The molecule has 0 bridgehead atoms. The SMILES string of the molecule is Cc1cnc(Cn2cncc2C2CCCNC2)o1. The van der Waals surface area contributed by atoms with Crippen LogP contribution in [0.2, 0.25) is 0 Å². The van der Waals surface area contributed by atoms with Gasteiger partial charge in [-0.1, -0.05) is 0 Å². The van der Waals surface area contributed by atoms with Gasteiger partial charge in [0.1, 0.15) is 12.3 Å². The van der Waals surface area contributed by atoms with Gasteiger partial charge in [0.2, 0.25) is 5.89 Å². The van der Waals surface area contributed by atoms with Gasteiger partial charge in [0.05, 0.1) is 12.5 Å². The Balaban J connectivity index is 1.78. The van der Waals surface area contributed by atoms with Gasteiger partial charge < -0.3 is 14.3 Å². The first kappa shape index (κ1) is 11.5. The van der Waals surface area contributed by atoms with Crippen LogP contribution in [-0.2, 0) is 6.54 Å². The van der Waals surface area contributed by atoms with E-state index in [0.29, 0.717) is 12.5 Å². The van der Waals surface area contributed by atoms with Crippen LogP contribution in [0.5, 0.6) is 0 Å². The largest absolute Gasteiger partial charge is 0.444 e. The van der Waals surface area contributed by atoms with E-state index < -0.39 is 0 Å². The van der Waals surface area contributed by atoms with Crippen LogP contribution in [0.1, 0.15) is 36.1 Å². The third-order valence-corrected chi connectivity index (χ3v) is 3.43. The predicted molar refractivity (Wildman–Crippen MR) is 67.4 cm³/mol. The summed E-state index contributed by atoms with van der Waals surface area (Å²) < 4.78 is 7.67. The molecule has 0 saturated carbocycles. The molecule has 3 heterocycles. The molecule has 0 aliphatic carbocycles. The fourth-order valence-corrected chi connectivity index (χ4v) is 2.53. The zero-order valence-electron chi connectivity index (χ0n) is 10.6. The maximum absolute atomic E-state index is 5.52. The first-order valence-electron chi connectivity index (χ1n) is 6.45. The van der Waals surface area contributed by atoms with Gasteiger partial charge in [-0.2, -0.15) is 0 Å². The van der Waals surface area contributed by atoms with Crippen LogP contribution >= 0.6 is 0 Å². The van der Waals surface area contributed by atoms with Crippen molar-refractivity contribution in [2.75, 3.05) is 13.1 Å². The van der Waals surface area contributed by atoms with Gasteiger partial charge in [0.25, 0.3) is 0 Å². The minimum atomic E-state index is 0.553. The highest BCUT2D eigenvalue weighted by atomic mass is 16.4. The van der Waals surface area contributed by atoms with Crippen LogP contribution in [0.4, 0.5) is 0 Å². The van der Waals surface area contributed by atoms with Crippen LogP contribution in [0.15, 0.2) is 23.1 Å². The number of hydrogen-bond acceptors (Lipinski definition) is 4. The summed E-state index contributed by atoms with van der Waals surface area (Å²) in [5.41, 5.74) is 1.28. The van der Waals surface area contributed by atoms with Gasteiger partial charge in [0.15, 0.2) is 0 Å². The first-order chi connectivity index (χ1) is 8.83. The smallest absolute Gasteiger partial charge is 0.214 e. The highest BCUT2D eigenvalue weighted by molar-refractivity contribution is 5.09. The number of piperidine rings is 1. The molecule has 1 fully saturated rings. The fraction of sp³-hybridized carbons (Fsp3) is 0.538. The summed E-state index contributed by atoms with van der Waals surface area (Å²) in [5.74, 6) is 2.15. The Morgan fingerprint density at radius 1 is 1.50 bits per heavy atom. The number of nitrogens with one attached hydrogen (secondary N) is 1. The lowest BCUT2D eigenvalue weighted by Gasteiger charge is -2.23. The van der Waals surface area contributed by atoms with Gasteiger partial charge in [-0.25, -0.2) is 9.97 Å². The van der Waals surface area contributed by atoms with Crippen LogP contribution in [0, 0.1) is 6.92 Å². The molecule has 5 heteroatoms. The van der Waals surface area contributed by atoms with Crippen LogP contribution in [0.3, 0.4) is 0 Å². The molecule has 0 spiro atoms. The molecule has 96 valence electrons. The van der Waals surface area contributed by atoms with Crippen molar-refractivity contribution in [2.24, 2.45) is 0 Å². The molecule has 1 unspecified atom stereocenters. The van der Waals surface area contributed by atoms with E-state index in [2.05, 4.69) is 19.9 Å². The third-order valence-electron chi connectivity index (χ3n) is 3.43. The van der Waals surface area contributed by atoms with Crippen molar-refractivity contribution in [3.8, 4) is 0 Å². The number of nitrogens with zero attached hydrogens (tertiary/aromatic N) is 3. The van der Waals surface area contributed by atoms with Gasteiger partial charge in [-0.05, 0) is 26.3 Å². The monoisotopic (exact) mass is 246 g/mol. The molecule has 2 aromatic heterocycles. The van der Waals surface area contributed by atoms with E-state index in [1.54, 1.807) is 6.20 Å². The van der Waals surface area contributed by atoms with Gasteiger partial charge in [-0.15, -0.1) is 0 Å². The topological polar surface area (TPSA) is 55.9 Å². The van der Waals surface area contributed by atoms with Crippen molar-refractivity contribution in [2.45, 2.75) is 32.2 Å². The van der Waals surface area contributed by atoms with Crippen molar-refractivity contribution in [1.29, 1.82) is 0 Å². The molecular weight excluding hydrogens is 228 g/mol. The Bertz CT molecular complexity index is 511. The van der Waals surface area contributed by atoms with E-state index in [-0.39, 0.29) is 0 Å². The first-order valence-corrected chi connectivity index (χ1v) is 6.45. The molecule has 1 atom stereocenters. The normalized spacial score (nSPS) is 20.2. The lowest BCUT2D eigenvalue weighted by Crippen LogP contribution is -2.29. The number of aryl methyl sites for hydroxylation is 1. The van der Waals surface area contributed by atoms with Crippen LogP contribution in [0.25, 0.3) is 0 Å². The Hall–Kier alpha value is -1.62. The van der Waals surface area contributed by atoms with Crippen molar-refractivity contribution in [3.05, 3.63) is 36.1 Å². The molecule has 0 aromatic carbocycles. The molecule has 0 radical (unpaired) electrons. The average Bonchev–Trinajstić information content (AvgIpc) is 3.00. The molecule has 3 rings (SSSR count). The van der Waals surface area contributed by atoms with E-state index in [4.69, 9.17) is 4.42 Å². The number of aromatic nitrogens is 3. The third kappa shape index (κ3) is 2.31. The molecule has 1 aliphatic heterocycles. The van der Waals surface area contributed by atoms with E-state index in [1.165, 1.54) is 18.5 Å². The van der Waals surface area contributed by atoms with Crippen molar-refractivity contribution in [1.82, 2.24) is 19.9 Å². The fourth-order valence-electron chi connectivity index (χ4n) is 2.53. The van der Waals surface area contributed by atoms with E-state index >= 15 is 0 Å². The molecule has 1 aliphatic rings. The van der Waals surface area contributed by atoms with Gasteiger partial charge in [0, 0.05) is 24.4 Å². The Morgan fingerprint density at radius 2 is 2.44 bits per heavy atom. The summed E-state index contributed by atoms with van der Waals surface area (Å²) in [6.07, 6.45) is 8.04. The number of rotatable bonds is 3. The molecule has 5 nitrogen and oxygen atoms in total. The van der Waals surface area contributed by atoms with Crippen molar-refractivity contribution in [3.63, 3.8) is 0 Å². The highest BCUT2D eigenvalue weighted by Gasteiger charge is 2.19. The second-order valence-corrected chi connectivity index (χ2v) is 4.85. The molecule has 0 amide bonds. The van der Waals surface area contributed by atoms with E-state index in [0.717, 1.165) is 24.7 Å². The molecule has 2 aromatic rings. The summed E-state index contributed by atoms with van der Waals surface area (Å²) in [6, 6.07) is 0. The van der Waals surface area contributed by atoms with Crippen LogP contribution in [-0.4, -0.2) is 27.6 Å². The molecule has 18 heavy (non-hydrogen) atoms. The zero-order chi connectivity index (χ0) is 12.4. The summed E-state index contributed by atoms with van der Waals surface area (Å²) >= 11 is 0.